The molecule has 0 aliphatic rings. The van der Waals surface area contributed by atoms with E-state index in [0.29, 0.717) is 22.2 Å². The molecule has 0 bridgehead atoms. The SMILES string of the molecule is FC(F)(F)c1ccc(Oc2ncncc2-c2cccc3nccnc23)cc1. The summed E-state index contributed by atoms with van der Waals surface area (Å²) in [6.45, 7) is 0. The van der Waals surface area contributed by atoms with E-state index in [4.69, 9.17) is 4.74 Å². The van der Waals surface area contributed by atoms with E-state index in [2.05, 4.69) is 19.9 Å². The molecular weight excluding hydrogens is 357 g/mol. The topological polar surface area (TPSA) is 60.8 Å². The summed E-state index contributed by atoms with van der Waals surface area (Å²) in [6, 6.07) is 9.89. The number of para-hydroxylation sites is 1. The number of nitrogens with zero attached hydrogens (tertiary/aromatic N) is 4. The van der Waals surface area contributed by atoms with Gasteiger partial charge in [-0.2, -0.15) is 13.2 Å². The largest absolute Gasteiger partial charge is 0.438 e. The molecule has 4 rings (SSSR count). The highest BCUT2D eigenvalue weighted by atomic mass is 19.4. The highest BCUT2D eigenvalue weighted by molar-refractivity contribution is 5.92. The first-order valence-corrected chi connectivity index (χ1v) is 7.87. The molecule has 5 nitrogen and oxygen atoms in total. The Hall–Kier alpha value is -3.55. The molecule has 0 radical (unpaired) electrons. The van der Waals surface area contributed by atoms with Gasteiger partial charge < -0.3 is 4.74 Å². The average Bonchev–Trinajstić information content (AvgIpc) is 2.68. The van der Waals surface area contributed by atoms with Gasteiger partial charge in [0.15, 0.2) is 0 Å². The lowest BCUT2D eigenvalue weighted by Gasteiger charge is -2.12. The molecule has 2 aromatic carbocycles. The fraction of sp³-hybridized carbons (Fsp3) is 0.0526. The number of rotatable bonds is 3. The number of hydrogen-bond acceptors (Lipinski definition) is 5. The second kappa shape index (κ2) is 6.64. The average molecular weight is 368 g/mol. The maximum atomic E-state index is 12.7. The quantitative estimate of drug-likeness (QED) is 0.515. The zero-order valence-electron chi connectivity index (χ0n) is 13.7. The molecule has 0 spiro atoms. The van der Waals surface area contributed by atoms with Crippen LogP contribution >= 0.6 is 0 Å². The van der Waals surface area contributed by atoms with Crippen LogP contribution in [-0.4, -0.2) is 19.9 Å². The Balaban J connectivity index is 1.74. The summed E-state index contributed by atoms with van der Waals surface area (Å²) < 4.78 is 43.8. The molecule has 134 valence electrons. The molecule has 0 atom stereocenters. The predicted octanol–water partition coefficient (Wildman–Crippen LogP) is 4.90. The van der Waals surface area contributed by atoms with Crippen molar-refractivity contribution in [2.24, 2.45) is 0 Å². The second-order valence-corrected chi connectivity index (χ2v) is 5.60. The van der Waals surface area contributed by atoms with Crippen LogP contribution in [0.4, 0.5) is 13.2 Å². The van der Waals surface area contributed by atoms with Crippen molar-refractivity contribution in [1.29, 1.82) is 0 Å². The summed E-state index contributed by atoms with van der Waals surface area (Å²) in [4.78, 5) is 16.8. The molecule has 27 heavy (non-hydrogen) atoms. The van der Waals surface area contributed by atoms with Gasteiger partial charge in [-0.05, 0) is 30.3 Å². The van der Waals surface area contributed by atoms with E-state index in [-0.39, 0.29) is 11.6 Å². The van der Waals surface area contributed by atoms with Crippen LogP contribution < -0.4 is 4.74 Å². The molecule has 0 amide bonds. The van der Waals surface area contributed by atoms with Crippen LogP contribution in [0.5, 0.6) is 11.6 Å². The van der Waals surface area contributed by atoms with E-state index in [1.165, 1.54) is 18.5 Å². The van der Waals surface area contributed by atoms with Crippen LogP contribution in [0.2, 0.25) is 0 Å². The first kappa shape index (κ1) is 16.9. The Bertz CT molecular complexity index is 1090. The number of ether oxygens (including phenoxy) is 1. The lowest BCUT2D eigenvalue weighted by molar-refractivity contribution is -0.137. The third-order valence-electron chi connectivity index (χ3n) is 3.86. The van der Waals surface area contributed by atoms with Gasteiger partial charge in [-0.3, -0.25) is 9.97 Å². The minimum atomic E-state index is -4.40. The molecule has 0 saturated carbocycles. The van der Waals surface area contributed by atoms with E-state index in [9.17, 15) is 13.2 Å². The van der Waals surface area contributed by atoms with E-state index >= 15 is 0 Å². The maximum absolute atomic E-state index is 12.7. The number of benzene rings is 2. The summed E-state index contributed by atoms with van der Waals surface area (Å²) >= 11 is 0. The Kier molecular flexibility index (Phi) is 4.15. The summed E-state index contributed by atoms with van der Waals surface area (Å²) in [6.07, 6.45) is 1.63. The molecule has 2 aromatic heterocycles. The molecule has 0 fully saturated rings. The Morgan fingerprint density at radius 3 is 2.37 bits per heavy atom. The summed E-state index contributed by atoms with van der Waals surface area (Å²) in [5, 5.41) is 0. The van der Waals surface area contributed by atoms with Crippen molar-refractivity contribution < 1.29 is 17.9 Å². The summed E-state index contributed by atoms with van der Waals surface area (Å²) in [5.41, 5.74) is 1.86. The number of hydrogen-bond donors (Lipinski definition) is 0. The number of halogens is 3. The molecule has 8 heteroatoms. The highest BCUT2D eigenvalue weighted by Crippen LogP contribution is 2.35. The predicted molar refractivity (Wildman–Crippen MR) is 92.1 cm³/mol. The third-order valence-corrected chi connectivity index (χ3v) is 3.86. The highest BCUT2D eigenvalue weighted by Gasteiger charge is 2.30. The molecule has 0 unspecified atom stereocenters. The number of aromatic nitrogens is 4. The minimum Gasteiger partial charge on any atom is -0.438 e. The molecule has 0 aliphatic heterocycles. The van der Waals surface area contributed by atoms with Crippen molar-refractivity contribution in [3.63, 3.8) is 0 Å². The van der Waals surface area contributed by atoms with E-state index in [1.807, 2.05) is 18.2 Å². The lowest BCUT2D eigenvalue weighted by Crippen LogP contribution is -2.04. The first-order chi connectivity index (χ1) is 13.0. The summed E-state index contributed by atoms with van der Waals surface area (Å²) in [7, 11) is 0. The minimum absolute atomic E-state index is 0.211. The van der Waals surface area contributed by atoms with Gasteiger partial charge in [0, 0.05) is 24.2 Å². The Morgan fingerprint density at radius 2 is 1.59 bits per heavy atom. The van der Waals surface area contributed by atoms with Gasteiger partial charge >= 0.3 is 6.18 Å². The lowest BCUT2D eigenvalue weighted by atomic mass is 10.1. The fourth-order valence-electron chi connectivity index (χ4n) is 2.62. The summed E-state index contributed by atoms with van der Waals surface area (Å²) in [5.74, 6) is 0.442. The molecule has 2 heterocycles. The van der Waals surface area contributed by atoms with Crippen molar-refractivity contribution in [3.8, 4) is 22.8 Å². The van der Waals surface area contributed by atoms with Crippen LogP contribution in [0, 0.1) is 0 Å². The van der Waals surface area contributed by atoms with E-state index in [0.717, 1.165) is 12.1 Å². The zero-order valence-corrected chi connectivity index (χ0v) is 13.7. The van der Waals surface area contributed by atoms with Crippen molar-refractivity contribution in [3.05, 3.63) is 72.9 Å². The van der Waals surface area contributed by atoms with Gasteiger partial charge in [0.1, 0.15) is 12.1 Å². The van der Waals surface area contributed by atoms with Gasteiger partial charge in [0.25, 0.3) is 0 Å². The first-order valence-electron chi connectivity index (χ1n) is 7.87. The van der Waals surface area contributed by atoms with Crippen LogP contribution in [-0.2, 0) is 6.18 Å². The van der Waals surface area contributed by atoms with Crippen LogP contribution in [0.1, 0.15) is 5.56 Å². The zero-order chi connectivity index (χ0) is 18.9. The van der Waals surface area contributed by atoms with Gasteiger partial charge in [0.05, 0.1) is 22.2 Å². The Labute approximate surface area is 151 Å². The van der Waals surface area contributed by atoms with Gasteiger partial charge in [-0.1, -0.05) is 12.1 Å². The third kappa shape index (κ3) is 3.41. The van der Waals surface area contributed by atoms with Crippen LogP contribution in [0.25, 0.3) is 22.2 Å². The van der Waals surface area contributed by atoms with Crippen molar-refractivity contribution in [1.82, 2.24) is 19.9 Å². The van der Waals surface area contributed by atoms with E-state index < -0.39 is 11.7 Å². The normalized spacial score (nSPS) is 11.5. The molecule has 0 N–H and O–H groups in total. The van der Waals surface area contributed by atoms with Gasteiger partial charge in [-0.25, -0.2) is 9.97 Å². The van der Waals surface area contributed by atoms with Crippen LogP contribution in [0.15, 0.2) is 67.4 Å². The van der Waals surface area contributed by atoms with Crippen molar-refractivity contribution in [2.75, 3.05) is 0 Å². The Morgan fingerprint density at radius 1 is 0.815 bits per heavy atom. The number of alkyl halides is 3. The monoisotopic (exact) mass is 368 g/mol. The molecule has 0 saturated heterocycles. The molecular formula is C19H11F3N4O. The standard InChI is InChI=1S/C19H11F3N4O/c20-19(21,22)12-4-6-13(7-5-12)27-18-15(10-23-11-26-18)14-2-1-3-16-17(14)25-9-8-24-16/h1-11H. The number of fused-ring (bicyclic) bond motifs is 1. The molecule has 0 aliphatic carbocycles. The second-order valence-electron chi connectivity index (χ2n) is 5.60. The van der Waals surface area contributed by atoms with Gasteiger partial charge in [0.2, 0.25) is 5.88 Å². The van der Waals surface area contributed by atoms with Gasteiger partial charge in [-0.15, -0.1) is 0 Å². The van der Waals surface area contributed by atoms with E-state index in [1.54, 1.807) is 18.6 Å². The maximum Gasteiger partial charge on any atom is 0.416 e. The fourth-order valence-corrected chi connectivity index (χ4v) is 2.62. The van der Waals surface area contributed by atoms with Crippen molar-refractivity contribution >= 4 is 11.0 Å². The van der Waals surface area contributed by atoms with Crippen LogP contribution in [0.3, 0.4) is 0 Å². The smallest absolute Gasteiger partial charge is 0.416 e. The van der Waals surface area contributed by atoms with Crippen molar-refractivity contribution in [2.45, 2.75) is 6.18 Å². The molecule has 4 aromatic rings.